The summed E-state index contributed by atoms with van der Waals surface area (Å²) in [4.78, 5) is 10.4. The topological polar surface area (TPSA) is 75.3 Å². The Balaban J connectivity index is 3.43. The summed E-state index contributed by atoms with van der Waals surface area (Å²) in [5, 5.41) is 12.2. The number of rotatable bonds is 6. The minimum atomic E-state index is -0.333. The van der Waals surface area contributed by atoms with Crippen molar-refractivity contribution in [1.29, 1.82) is 0 Å². The first-order chi connectivity index (χ1) is 5.56. The predicted octanol–water partition coefficient (Wildman–Crippen LogP) is -0.389. The average Bonchev–Trinajstić information content (AvgIpc) is 1.99. The van der Waals surface area contributed by atoms with Crippen LogP contribution in [0.3, 0.4) is 0 Å². The number of carbonyl (C=O) groups excluding carboxylic acids is 1. The van der Waals surface area contributed by atoms with Crippen molar-refractivity contribution in [2.45, 2.75) is 38.8 Å². The predicted molar refractivity (Wildman–Crippen MR) is 47.6 cm³/mol. The van der Waals surface area contributed by atoms with Gasteiger partial charge in [0, 0.05) is 19.0 Å². The van der Waals surface area contributed by atoms with Gasteiger partial charge in [-0.25, -0.2) is 0 Å². The van der Waals surface area contributed by atoms with Gasteiger partial charge in [-0.15, -0.1) is 0 Å². The average molecular weight is 174 g/mol. The van der Waals surface area contributed by atoms with Crippen LogP contribution in [0.2, 0.25) is 0 Å². The lowest BCUT2D eigenvalue weighted by Crippen LogP contribution is -2.36. The lowest BCUT2D eigenvalue weighted by Gasteiger charge is -2.14. The highest BCUT2D eigenvalue weighted by Gasteiger charge is 2.06. The highest BCUT2D eigenvalue weighted by atomic mass is 16.3. The summed E-state index contributed by atoms with van der Waals surface area (Å²) >= 11 is 0. The van der Waals surface area contributed by atoms with Crippen LogP contribution in [-0.4, -0.2) is 29.7 Å². The molecule has 0 rings (SSSR count). The number of amides is 1. The Morgan fingerprint density at radius 1 is 1.67 bits per heavy atom. The van der Waals surface area contributed by atoms with Gasteiger partial charge in [0.1, 0.15) is 0 Å². The van der Waals surface area contributed by atoms with E-state index in [9.17, 15) is 4.79 Å². The lowest BCUT2D eigenvalue weighted by atomic mass is 10.2. The van der Waals surface area contributed by atoms with Crippen LogP contribution >= 0.6 is 0 Å². The van der Waals surface area contributed by atoms with Crippen molar-refractivity contribution in [3.8, 4) is 0 Å². The first-order valence-electron chi connectivity index (χ1n) is 4.26. The van der Waals surface area contributed by atoms with E-state index in [2.05, 4.69) is 5.32 Å². The zero-order valence-corrected chi connectivity index (χ0v) is 7.71. The molecule has 4 N–H and O–H groups in total. The maximum atomic E-state index is 10.4. The van der Waals surface area contributed by atoms with E-state index in [0.29, 0.717) is 13.0 Å². The Bertz CT molecular complexity index is 139. The Labute approximate surface area is 73.1 Å². The smallest absolute Gasteiger partial charge is 0.218 e. The van der Waals surface area contributed by atoms with E-state index in [1.54, 1.807) is 0 Å². The van der Waals surface area contributed by atoms with E-state index in [0.717, 1.165) is 6.42 Å². The second-order valence-corrected chi connectivity index (χ2v) is 3.04. The largest absolute Gasteiger partial charge is 0.392 e. The van der Waals surface area contributed by atoms with Crippen LogP contribution < -0.4 is 11.1 Å². The highest BCUT2D eigenvalue weighted by molar-refractivity contribution is 5.74. The van der Waals surface area contributed by atoms with Crippen LogP contribution in [0.4, 0.5) is 0 Å². The van der Waals surface area contributed by atoms with Gasteiger partial charge in [0.2, 0.25) is 5.91 Å². The number of primary amides is 1. The van der Waals surface area contributed by atoms with Crippen molar-refractivity contribution in [2.24, 2.45) is 5.73 Å². The van der Waals surface area contributed by atoms with Crippen LogP contribution in [-0.2, 0) is 4.79 Å². The van der Waals surface area contributed by atoms with Gasteiger partial charge in [0.25, 0.3) is 0 Å². The molecule has 0 heterocycles. The Morgan fingerprint density at radius 2 is 2.25 bits per heavy atom. The second kappa shape index (κ2) is 5.97. The van der Waals surface area contributed by atoms with Crippen molar-refractivity contribution < 1.29 is 9.90 Å². The first kappa shape index (κ1) is 11.4. The molecule has 0 radical (unpaired) electrons. The molecule has 0 spiro atoms. The van der Waals surface area contributed by atoms with Crippen LogP contribution in [0.1, 0.15) is 26.7 Å². The number of nitrogens with two attached hydrogens (primary N) is 1. The molecule has 0 saturated carbocycles. The fourth-order valence-electron chi connectivity index (χ4n) is 0.856. The van der Waals surface area contributed by atoms with Crippen LogP contribution in [0.15, 0.2) is 0 Å². The van der Waals surface area contributed by atoms with Gasteiger partial charge in [-0.1, -0.05) is 6.92 Å². The molecule has 0 fully saturated rings. The second-order valence-electron chi connectivity index (χ2n) is 3.04. The zero-order valence-electron chi connectivity index (χ0n) is 7.71. The minimum absolute atomic E-state index is 0.0451. The number of aliphatic hydroxyl groups excluding tert-OH is 1. The maximum Gasteiger partial charge on any atom is 0.218 e. The van der Waals surface area contributed by atoms with Gasteiger partial charge in [-0.05, 0) is 13.3 Å². The van der Waals surface area contributed by atoms with E-state index in [1.165, 1.54) is 0 Å². The molecule has 2 unspecified atom stereocenters. The Morgan fingerprint density at radius 3 is 2.67 bits per heavy atom. The molecule has 0 aliphatic carbocycles. The molecule has 0 aliphatic heterocycles. The summed E-state index contributed by atoms with van der Waals surface area (Å²) in [5.74, 6) is -0.319. The molecule has 72 valence electrons. The fraction of sp³-hybridized carbons (Fsp3) is 0.875. The number of aliphatic hydroxyl groups is 1. The summed E-state index contributed by atoms with van der Waals surface area (Å²) in [5.41, 5.74) is 4.99. The molecule has 2 atom stereocenters. The van der Waals surface area contributed by atoms with E-state index in [-0.39, 0.29) is 18.1 Å². The SMILES string of the molecule is CCC(O)CNC(C)CC(N)=O. The molecular weight excluding hydrogens is 156 g/mol. The molecular formula is C8H18N2O2. The standard InChI is InChI=1S/C8H18N2O2/c1-3-7(11)5-10-6(2)4-8(9)12/h6-7,10-11H,3-5H2,1-2H3,(H2,9,12). The Kier molecular flexibility index (Phi) is 5.66. The molecule has 0 aromatic carbocycles. The molecule has 4 nitrogen and oxygen atoms in total. The van der Waals surface area contributed by atoms with Gasteiger partial charge in [-0.3, -0.25) is 4.79 Å². The summed E-state index contributed by atoms with van der Waals surface area (Å²) < 4.78 is 0. The minimum Gasteiger partial charge on any atom is -0.392 e. The van der Waals surface area contributed by atoms with Gasteiger partial charge in [0.05, 0.1) is 6.10 Å². The van der Waals surface area contributed by atoms with Crippen molar-refractivity contribution in [2.75, 3.05) is 6.54 Å². The number of hydrogen-bond donors (Lipinski definition) is 3. The van der Waals surface area contributed by atoms with Crippen LogP contribution in [0, 0.1) is 0 Å². The summed E-state index contributed by atoms with van der Waals surface area (Å²) in [7, 11) is 0. The molecule has 0 bridgehead atoms. The van der Waals surface area contributed by atoms with Crippen molar-refractivity contribution in [1.82, 2.24) is 5.32 Å². The molecule has 0 saturated heterocycles. The zero-order chi connectivity index (χ0) is 9.56. The van der Waals surface area contributed by atoms with E-state index < -0.39 is 0 Å². The van der Waals surface area contributed by atoms with E-state index in [4.69, 9.17) is 10.8 Å². The maximum absolute atomic E-state index is 10.4. The molecule has 4 heteroatoms. The number of carbonyl (C=O) groups is 1. The third-order valence-corrected chi connectivity index (χ3v) is 1.68. The first-order valence-corrected chi connectivity index (χ1v) is 4.26. The van der Waals surface area contributed by atoms with E-state index >= 15 is 0 Å². The fourth-order valence-corrected chi connectivity index (χ4v) is 0.856. The van der Waals surface area contributed by atoms with Gasteiger partial charge < -0.3 is 16.2 Å². The molecule has 1 amide bonds. The van der Waals surface area contributed by atoms with Gasteiger partial charge in [0.15, 0.2) is 0 Å². The molecule has 0 aliphatic rings. The highest BCUT2D eigenvalue weighted by Crippen LogP contribution is 1.91. The third-order valence-electron chi connectivity index (χ3n) is 1.68. The van der Waals surface area contributed by atoms with Gasteiger partial charge >= 0.3 is 0 Å². The normalized spacial score (nSPS) is 15.6. The molecule has 0 aromatic rings. The summed E-state index contributed by atoms with van der Waals surface area (Å²) in [6.07, 6.45) is 0.701. The van der Waals surface area contributed by atoms with E-state index in [1.807, 2.05) is 13.8 Å². The van der Waals surface area contributed by atoms with Crippen LogP contribution in [0.25, 0.3) is 0 Å². The lowest BCUT2D eigenvalue weighted by molar-refractivity contribution is -0.118. The third kappa shape index (κ3) is 6.12. The summed E-state index contributed by atoms with van der Waals surface area (Å²) in [6.45, 7) is 4.29. The number of hydrogen-bond acceptors (Lipinski definition) is 3. The quantitative estimate of drug-likeness (QED) is 0.513. The summed E-state index contributed by atoms with van der Waals surface area (Å²) in [6, 6.07) is 0.0451. The van der Waals surface area contributed by atoms with Gasteiger partial charge in [-0.2, -0.15) is 0 Å². The molecule has 12 heavy (non-hydrogen) atoms. The van der Waals surface area contributed by atoms with Crippen molar-refractivity contribution in [3.05, 3.63) is 0 Å². The number of nitrogens with one attached hydrogen (secondary N) is 1. The van der Waals surface area contributed by atoms with Crippen molar-refractivity contribution >= 4 is 5.91 Å². The van der Waals surface area contributed by atoms with Crippen LogP contribution in [0.5, 0.6) is 0 Å². The Hall–Kier alpha value is -0.610. The monoisotopic (exact) mass is 174 g/mol. The van der Waals surface area contributed by atoms with Crippen molar-refractivity contribution in [3.63, 3.8) is 0 Å². The molecule has 0 aromatic heterocycles.